The first kappa shape index (κ1) is 13.5. The van der Waals surface area contributed by atoms with Crippen LogP contribution in [0, 0.1) is 0 Å². The minimum absolute atomic E-state index is 0.152. The van der Waals surface area contributed by atoms with Crippen molar-refractivity contribution in [2.45, 2.75) is 32.6 Å². The first-order valence-corrected chi connectivity index (χ1v) is 6.66. The molecule has 100 valence electrons. The van der Waals surface area contributed by atoms with E-state index in [2.05, 4.69) is 42.1 Å². The molecule has 2 aromatic heterocycles. The molecule has 0 bridgehead atoms. The fourth-order valence-electron chi connectivity index (χ4n) is 1.81. The lowest BCUT2D eigenvalue weighted by Gasteiger charge is -2.18. The zero-order chi connectivity index (χ0) is 13.7. The zero-order valence-electron chi connectivity index (χ0n) is 11.9. The lowest BCUT2D eigenvalue weighted by molar-refractivity contribution is 0.587. The van der Waals surface area contributed by atoms with E-state index in [-0.39, 0.29) is 5.41 Å². The van der Waals surface area contributed by atoms with E-state index < -0.39 is 0 Å². The minimum Gasteiger partial charge on any atom is -0.370 e. The predicted molar refractivity (Wildman–Crippen MR) is 79.4 cm³/mol. The van der Waals surface area contributed by atoms with Crippen LogP contribution in [0.1, 0.15) is 32.0 Å². The lowest BCUT2D eigenvalue weighted by Crippen LogP contribution is -2.12. The minimum atomic E-state index is 0.152. The van der Waals surface area contributed by atoms with Crippen LogP contribution < -0.4 is 5.32 Å². The molecule has 0 unspecified atom stereocenters. The molecule has 0 radical (unpaired) electrons. The summed E-state index contributed by atoms with van der Waals surface area (Å²) in [5.41, 5.74) is 2.50. The summed E-state index contributed by atoms with van der Waals surface area (Å²) < 4.78 is 0. The third-order valence-electron chi connectivity index (χ3n) is 3.04. The highest BCUT2D eigenvalue weighted by atomic mass is 15.0. The second kappa shape index (κ2) is 5.83. The number of aromatic nitrogens is 2. The van der Waals surface area contributed by atoms with E-state index in [9.17, 15) is 0 Å². The van der Waals surface area contributed by atoms with Gasteiger partial charge in [-0.2, -0.15) is 0 Å². The zero-order valence-corrected chi connectivity index (χ0v) is 11.9. The van der Waals surface area contributed by atoms with Crippen LogP contribution in [0.4, 0.5) is 5.82 Å². The molecule has 0 aliphatic heterocycles. The Morgan fingerprint density at radius 3 is 2.47 bits per heavy atom. The summed E-state index contributed by atoms with van der Waals surface area (Å²) >= 11 is 0. The number of nitrogens with one attached hydrogen (secondary N) is 1. The van der Waals surface area contributed by atoms with Crippen molar-refractivity contribution in [2.75, 3.05) is 11.9 Å². The van der Waals surface area contributed by atoms with E-state index in [1.165, 1.54) is 5.56 Å². The van der Waals surface area contributed by atoms with Gasteiger partial charge in [0.15, 0.2) is 0 Å². The molecule has 0 saturated heterocycles. The molecule has 2 heterocycles. The maximum absolute atomic E-state index is 4.44. The Hall–Kier alpha value is -1.90. The number of rotatable bonds is 4. The third kappa shape index (κ3) is 4.05. The molecule has 3 heteroatoms. The largest absolute Gasteiger partial charge is 0.370 e. The Balaban J connectivity index is 1.87. The van der Waals surface area contributed by atoms with Crippen LogP contribution in [0.25, 0.3) is 0 Å². The summed E-state index contributed by atoms with van der Waals surface area (Å²) in [7, 11) is 0. The Bertz CT molecular complexity index is 498. The summed E-state index contributed by atoms with van der Waals surface area (Å²) in [5, 5.41) is 3.32. The normalized spacial score (nSPS) is 11.3. The molecular formula is C16H21N3. The quantitative estimate of drug-likeness (QED) is 0.909. The molecule has 19 heavy (non-hydrogen) atoms. The second-order valence-electron chi connectivity index (χ2n) is 5.68. The molecule has 0 aliphatic carbocycles. The Labute approximate surface area is 115 Å². The van der Waals surface area contributed by atoms with Gasteiger partial charge in [0.2, 0.25) is 0 Å². The molecule has 3 nitrogen and oxygen atoms in total. The maximum atomic E-state index is 4.44. The smallest absolute Gasteiger partial charge is 0.125 e. The molecule has 0 atom stereocenters. The van der Waals surface area contributed by atoms with Gasteiger partial charge >= 0.3 is 0 Å². The number of nitrogens with zero attached hydrogens (tertiary/aromatic N) is 2. The number of hydrogen-bond donors (Lipinski definition) is 1. The van der Waals surface area contributed by atoms with Gasteiger partial charge in [-0.1, -0.05) is 32.9 Å². The molecule has 0 aliphatic rings. The van der Waals surface area contributed by atoms with Crippen molar-refractivity contribution in [1.29, 1.82) is 0 Å². The van der Waals surface area contributed by atoms with Crippen LogP contribution in [0.15, 0.2) is 42.7 Å². The molecule has 0 fully saturated rings. The highest BCUT2D eigenvalue weighted by Crippen LogP contribution is 2.21. The maximum Gasteiger partial charge on any atom is 0.125 e. The van der Waals surface area contributed by atoms with Crippen molar-refractivity contribution >= 4 is 5.82 Å². The van der Waals surface area contributed by atoms with Crippen LogP contribution in [0.2, 0.25) is 0 Å². The first-order valence-electron chi connectivity index (χ1n) is 6.66. The van der Waals surface area contributed by atoms with Gasteiger partial charge in [-0.3, -0.25) is 4.98 Å². The van der Waals surface area contributed by atoms with E-state index in [1.807, 2.05) is 36.7 Å². The van der Waals surface area contributed by atoms with Gasteiger partial charge in [-0.05, 0) is 29.2 Å². The van der Waals surface area contributed by atoms with Crippen molar-refractivity contribution < 1.29 is 0 Å². The predicted octanol–water partition coefficient (Wildman–Crippen LogP) is 3.43. The number of pyridine rings is 2. The van der Waals surface area contributed by atoms with Gasteiger partial charge in [0.1, 0.15) is 5.82 Å². The Kier molecular flexibility index (Phi) is 4.15. The van der Waals surface area contributed by atoms with Crippen LogP contribution in [0.5, 0.6) is 0 Å². The number of hydrogen-bond acceptors (Lipinski definition) is 3. The summed E-state index contributed by atoms with van der Waals surface area (Å²) in [6, 6.07) is 10.2. The average Bonchev–Trinajstić information content (AvgIpc) is 2.39. The molecule has 2 rings (SSSR count). The van der Waals surface area contributed by atoms with Crippen molar-refractivity contribution in [3.8, 4) is 0 Å². The fraction of sp³-hybridized carbons (Fsp3) is 0.375. The summed E-state index contributed by atoms with van der Waals surface area (Å²) in [4.78, 5) is 8.74. The van der Waals surface area contributed by atoms with Crippen molar-refractivity contribution in [3.63, 3.8) is 0 Å². The monoisotopic (exact) mass is 255 g/mol. The highest BCUT2D eigenvalue weighted by Gasteiger charge is 2.13. The van der Waals surface area contributed by atoms with Gasteiger partial charge < -0.3 is 5.32 Å². The van der Waals surface area contributed by atoms with Gasteiger partial charge in [-0.15, -0.1) is 0 Å². The van der Waals surface area contributed by atoms with E-state index >= 15 is 0 Å². The van der Waals surface area contributed by atoms with Crippen LogP contribution in [-0.2, 0) is 11.8 Å². The highest BCUT2D eigenvalue weighted by molar-refractivity contribution is 5.37. The van der Waals surface area contributed by atoms with Crippen molar-refractivity contribution in [2.24, 2.45) is 0 Å². The molecule has 2 aromatic rings. The molecule has 0 saturated carbocycles. The van der Waals surface area contributed by atoms with E-state index in [1.54, 1.807) is 0 Å². The third-order valence-corrected chi connectivity index (χ3v) is 3.04. The van der Waals surface area contributed by atoms with E-state index in [4.69, 9.17) is 0 Å². The molecular weight excluding hydrogens is 234 g/mol. The SMILES string of the molecule is CC(C)(C)c1ccc(NCCc2ccccn2)nc1. The number of anilines is 1. The van der Waals surface area contributed by atoms with Gasteiger partial charge in [0, 0.05) is 31.1 Å². The van der Waals surface area contributed by atoms with Crippen LogP contribution in [0.3, 0.4) is 0 Å². The summed E-state index contributed by atoms with van der Waals surface area (Å²) in [6.07, 6.45) is 4.68. The van der Waals surface area contributed by atoms with Crippen molar-refractivity contribution in [3.05, 3.63) is 54.0 Å². The van der Waals surface area contributed by atoms with Gasteiger partial charge in [0.05, 0.1) is 0 Å². The van der Waals surface area contributed by atoms with E-state index in [0.29, 0.717) is 0 Å². The summed E-state index contributed by atoms with van der Waals surface area (Å²) in [6.45, 7) is 7.42. The van der Waals surface area contributed by atoms with Crippen molar-refractivity contribution in [1.82, 2.24) is 9.97 Å². The van der Waals surface area contributed by atoms with Gasteiger partial charge in [0.25, 0.3) is 0 Å². The Morgan fingerprint density at radius 2 is 1.89 bits per heavy atom. The molecule has 0 amide bonds. The lowest BCUT2D eigenvalue weighted by atomic mass is 9.88. The molecule has 1 N–H and O–H groups in total. The van der Waals surface area contributed by atoms with E-state index in [0.717, 1.165) is 24.5 Å². The molecule has 0 aromatic carbocycles. The van der Waals surface area contributed by atoms with Gasteiger partial charge in [-0.25, -0.2) is 4.98 Å². The first-order chi connectivity index (χ1) is 9.05. The standard InChI is InChI=1S/C16H21N3/c1-16(2,3)13-7-8-15(19-12-13)18-11-9-14-6-4-5-10-17-14/h4-8,10,12H,9,11H2,1-3H3,(H,18,19). The average molecular weight is 255 g/mol. The second-order valence-corrected chi connectivity index (χ2v) is 5.68. The van der Waals surface area contributed by atoms with Crippen LogP contribution >= 0.6 is 0 Å². The molecule has 0 spiro atoms. The van der Waals surface area contributed by atoms with Crippen LogP contribution in [-0.4, -0.2) is 16.5 Å². The fourth-order valence-corrected chi connectivity index (χ4v) is 1.81. The summed E-state index contributed by atoms with van der Waals surface area (Å²) in [5.74, 6) is 0.920. The Morgan fingerprint density at radius 1 is 1.05 bits per heavy atom. The topological polar surface area (TPSA) is 37.8 Å².